The van der Waals surface area contributed by atoms with Gasteiger partial charge in [0.2, 0.25) is 0 Å². The van der Waals surface area contributed by atoms with Gasteiger partial charge in [-0.3, -0.25) is 4.98 Å². The number of hydrogen-bond acceptors (Lipinski definition) is 2. The Morgan fingerprint density at radius 2 is 1.59 bits per heavy atom. The van der Waals surface area contributed by atoms with Crippen LogP contribution in [0, 0.1) is 5.82 Å². The highest BCUT2D eigenvalue weighted by Gasteiger charge is 2.16. The van der Waals surface area contributed by atoms with E-state index in [-0.39, 0.29) is 5.82 Å². The molecule has 1 aromatic heterocycles. The van der Waals surface area contributed by atoms with Crippen molar-refractivity contribution in [3.8, 4) is 0 Å². The number of benzene rings is 1. The molecule has 0 saturated carbocycles. The van der Waals surface area contributed by atoms with Gasteiger partial charge in [-0.05, 0) is 80.7 Å². The van der Waals surface area contributed by atoms with Gasteiger partial charge in [0.05, 0.1) is 0 Å². The Morgan fingerprint density at radius 1 is 0.955 bits per heavy atom. The van der Waals surface area contributed by atoms with Crippen LogP contribution in [0.15, 0.2) is 48.8 Å². The molecular weight excluding hydrogens is 275 g/mol. The number of aromatic nitrogens is 1. The molecule has 0 bridgehead atoms. The van der Waals surface area contributed by atoms with Crippen LogP contribution in [0.2, 0.25) is 0 Å². The molecule has 0 aliphatic carbocycles. The van der Waals surface area contributed by atoms with Gasteiger partial charge in [0.15, 0.2) is 0 Å². The molecular formula is C19H23FN2. The second kappa shape index (κ2) is 7.50. The van der Waals surface area contributed by atoms with Crippen LogP contribution in [0.3, 0.4) is 0 Å². The van der Waals surface area contributed by atoms with Crippen LogP contribution in [-0.2, 0) is 0 Å². The van der Waals surface area contributed by atoms with Crippen LogP contribution >= 0.6 is 0 Å². The maximum absolute atomic E-state index is 13.2. The van der Waals surface area contributed by atoms with Crippen molar-refractivity contribution in [1.29, 1.82) is 0 Å². The first-order valence-corrected chi connectivity index (χ1v) is 8.21. The van der Waals surface area contributed by atoms with E-state index in [1.54, 1.807) is 12.1 Å². The quantitative estimate of drug-likeness (QED) is 0.793. The van der Waals surface area contributed by atoms with Gasteiger partial charge in [0, 0.05) is 18.3 Å². The molecule has 116 valence electrons. The predicted octanol–water partition coefficient (Wildman–Crippen LogP) is 4.23. The van der Waals surface area contributed by atoms with E-state index in [0.717, 1.165) is 6.42 Å². The summed E-state index contributed by atoms with van der Waals surface area (Å²) in [5.74, 6) is 0.153. The Kier molecular flexibility index (Phi) is 5.17. The fourth-order valence-corrected chi connectivity index (χ4v) is 3.34. The third-order valence-electron chi connectivity index (χ3n) is 4.55. The van der Waals surface area contributed by atoms with E-state index in [0.29, 0.717) is 5.92 Å². The van der Waals surface area contributed by atoms with Gasteiger partial charge < -0.3 is 4.90 Å². The molecule has 0 amide bonds. The second-order valence-electron chi connectivity index (χ2n) is 6.08. The lowest BCUT2D eigenvalue weighted by molar-refractivity contribution is 0.327. The summed E-state index contributed by atoms with van der Waals surface area (Å²) in [6.45, 7) is 3.66. The zero-order chi connectivity index (χ0) is 15.2. The first kappa shape index (κ1) is 15.2. The SMILES string of the molecule is Fc1ccc(C(CCCN2CCCC2)c2ccncc2)cc1. The zero-order valence-electron chi connectivity index (χ0n) is 12.9. The van der Waals surface area contributed by atoms with Crippen molar-refractivity contribution in [2.45, 2.75) is 31.6 Å². The molecule has 3 rings (SSSR count). The van der Waals surface area contributed by atoms with Gasteiger partial charge >= 0.3 is 0 Å². The summed E-state index contributed by atoms with van der Waals surface area (Å²) in [4.78, 5) is 6.66. The predicted molar refractivity (Wildman–Crippen MR) is 87.4 cm³/mol. The average molecular weight is 298 g/mol. The average Bonchev–Trinajstić information content (AvgIpc) is 3.07. The molecule has 0 radical (unpaired) electrons. The van der Waals surface area contributed by atoms with Crippen molar-refractivity contribution in [3.05, 3.63) is 65.7 Å². The Bertz CT molecular complexity index is 562. The third-order valence-corrected chi connectivity index (χ3v) is 4.55. The van der Waals surface area contributed by atoms with Crippen LogP contribution in [0.25, 0.3) is 0 Å². The van der Waals surface area contributed by atoms with Crippen molar-refractivity contribution in [2.75, 3.05) is 19.6 Å². The molecule has 1 aliphatic rings. The molecule has 0 N–H and O–H groups in total. The highest BCUT2D eigenvalue weighted by molar-refractivity contribution is 5.31. The molecule has 0 spiro atoms. The van der Waals surface area contributed by atoms with Crippen molar-refractivity contribution in [2.24, 2.45) is 0 Å². The summed E-state index contributed by atoms with van der Waals surface area (Å²) in [6, 6.07) is 11.1. The lowest BCUT2D eigenvalue weighted by Gasteiger charge is -2.20. The molecule has 3 heteroatoms. The molecule has 1 unspecified atom stereocenters. The van der Waals surface area contributed by atoms with E-state index in [1.165, 1.54) is 50.0 Å². The molecule has 1 atom stereocenters. The van der Waals surface area contributed by atoms with Crippen LogP contribution in [0.5, 0.6) is 0 Å². The Hall–Kier alpha value is -1.74. The van der Waals surface area contributed by atoms with Crippen molar-refractivity contribution in [3.63, 3.8) is 0 Å². The molecule has 1 fully saturated rings. The Labute approximate surface area is 132 Å². The number of likely N-dealkylation sites (tertiary alicyclic amines) is 1. The van der Waals surface area contributed by atoms with E-state index in [1.807, 2.05) is 24.5 Å². The largest absolute Gasteiger partial charge is 0.303 e. The molecule has 2 heterocycles. The molecule has 1 aliphatic heterocycles. The van der Waals surface area contributed by atoms with Crippen molar-refractivity contribution >= 4 is 0 Å². The normalized spacial score (nSPS) is 16.8. The van der Waals surface area contributed by atoms with Crippen LogP contribution in [0.1, 0.15) is 42.7 Å². The minimum absolute atomic E-state index is 0.172. The van der Waals surface area contributed by atoms with E-state index in [9.17, 15) is 4.39 Å². The number of nitrogens with zero attached hydrogens (tertiary/aromatic N) is 2. The highest BCUT2D eigenvalue weighted by Crippen LogP contribution is 2.29. The van der Waals surface area contributed by atoms with Gasteiger partial charge in [-0.1, -0.05) is 12.1 Å². The van der Waals surface area contributed by atoms with Gasteiger partial charge in [0.25, 0.3) is 0 Å². The fourth-order valence-electron chi connectivity index (χ4n) is 3.34. The minimum Gasteiger partial charge on any atom is -0.303 e. The van der Waals surface area contributed by atoms with Crippen LogP contribution in [0.4, 0.5) is 4.39 Å². The lowest BCUT2D eigenvalue weighted by atomic mass is 9.88. The van der Waals surface area contributed by atoms with Crippen molar-refractivity contribution in [1.82, 2.24) is 9.88 Å². The summed E-state index contributed by atoms with van der Waals surface area (Å²) in [7, 11) is 0. The Morgan fingerprint density at radius 3 is 2.27 bits per heavy atom. The molecule has 1 saturated heterocycles. The monoisotopic (exact) mass is 298 g/mol. The summed E-state index contributed by atoms with van der Waals surface area (Å²) in [5.41, 5.74) is 2.46. The number of rotatable bonds is 6. The summed E-state index contributed by atoms with van der Waals surface area (Å²) >= 11 is 0. The summed E-state index contributed by atoms with van der Waals surface area (Å²) in [5, 5.41) is 0. The topological polar surface area (TPSA) is 16.1 Å². The van der Waals surface area contributed by atoms with E-state index >= 15 is 0 Å². The van der Waals surface area contributed by atoms with E-state index < -0.39 is 0 Å². The molecule has 2 nitrogen and oxygen atoms in total. The first-order valence-electron chi connectivity index (χ1n) is 8.21. The highest BCUT2D eigenvalue weighted by atomic mass is 19.1. The first-order chi connectivity index (χ1) is 10.8. The van der Waals surface area contributed by atoms with Crippen LogP contribution < -0.4 is 0 Å². The van der Waals surface area contributed by atoms with Gasteiger partial charge in [-0.15, -0.1) is 0 Å². The van der Waals surface area contributed by atoms with E-state index in [2.05, 4.69) is 22.0 Å². The van der Waals surface area contributed by atoms with Crippen LogP contribution in [-0.4, -0.2) is 29.5 Å². The molecule has 22 heavy (non-hydrogen) atoms. The number of pyridine rings is 1. The number of halogens is 1. The zero-order valence-corrected chi connectivity index (χ0v) is 12.9. The Balaban J connectivity index is 1.70. The van der Waals surface area contributed by atoms with Gasteiger partial charge in [0.1, 0.15) is 5.82 Å². The summed E-state index contributed by atoms with van der Waals surface area (Å²) < 4.78 is 13.2. The van der Waals surface area contributed by atoms with Gasteiger partial charge in [-0.2, -0.15) is 0 Å². The van der Waals surface area contributed by atoms with Gasteiger partial charge in [-0.25, -0.2) is 4.39 Å². The number of hydrogen-bond donors (Lipinski definition) is 0. The smallest absolute Gasteiger partial charge is 0.123 e. The summed E-state index contributed by atoms with van der Waals surface area (Å²) in [6.07, 6.45) is 8.62. The van der Waals surface area contributed by atoms with Crippen molar-refractivity contribution < 1.29 is 4.39 Å². The maximum atomic E-state index is 13.2. The maximum Gasteiger partial charge on any atom is 0.123 e. The standard InChI is InChI=1S/C19H23FN2/c20-18-7-5-16(6-8-18)19(17-9-11-21-12-10-17)4-3-15-22-13-1-2-14-22/h5-12,19H,1-4,13-15H2. The molecule has 1 aromatic carbocycles. The lowest BCUT2D eigenvalue weighted by Crippen LogP contribution is -2.20. The minimum atomic E-state index is -0.172. The second-order valence-corrected chi connectivity index (χ2v) is 6.08. The third kappa shape index (κ3) is 3.92. The molecule has 2 aromatic rings. The van der Waals surface area contributed by atoms with E-state index in [4.69, 9.17) is 0 Å². The fraction of sp³-hybridized carbons (Fsp3) is 0.421.